The van der Waals surface area contributed by atoms with E-state index in [0.29, 0.717) is 5.92 Å². The lowest BCUT2D eigenvalue weighted by Gasteiger charge is -2.35. The van der Waals surface area contributed by atoms with E-state index in [0.717, 1.165) is 19.6 Å². The third-order valence-electron chi connectivity index (χ3n) is 3.99. The van der Waals surface area contributed by atoms with Crippen LogP contribution in [-0.4, -0.2) is 30.1 Å². The molecule has 1 aliphatic rings. The maximum atomic E-state index is 3.88. The van der Waals surface area contributed by atoms with Crippen LogP contribution in [0.5, 0.6) is 0 Å². The Hall–Kier alpha value is -1.28. The van der Waals surface area contributed by atoms with Crippen molar-refractivity contribution in [3.63, 3.8) is 0 Å². The average Bonchev–Trinajstić information content (AvgIpc) is 2.76. The summed E-state index contributed by atoms with van der Waals surface area (Å²) >= 11 is 0. The largest absolute Gasteiger partial charge is 0.384 e. The molecule has 0 saturated carbocycles. The molecule has 2 nitrogen and oxygen atoms in total. The molecule has 0 spiro atoms. The molecule has 1 atom stereocenters. The number of hydrogen-bond acceptors (Lipinski definition) is 2. The van der Waals surface area contributed by atoms with Crippen LogP contribution in [0.1, 0.15) is 38.7 Å². The quantitative estimate of drug-likeness (QED) is 0.806. The third-order valence-corrected chi connectivity index (χ3v) is 3.99. The lowest BCUT2D eigenvalue weighted by molar-refractivity contribution is 0.149. The number of hydrogen-bond donors (Lipinski definition) is 1. The SMILES string of the molecule is C=CCN(CCC1CNc2ccccc21)C(C)(C)C. The van der Waals surface area contributed by atoms with Gasteiger partial charge in [0.25, 0.3) is 0 Å². The van der Waals surface area contributed by atoms with Gasteiger partial charge in [-0.2, -0.15) is 0 Å². The average molecular weight is 258 g/mol. The van der Waals surface area contributed by atoms with E-state index in [1.54, 1.807) is 0 Å². The number of fused-ring (bicyclic) bond motifs is 1. The van der Waals surface area contributed by atoms with Gasteiger partial charge in [-0.25, -0.2) is 0 Å². The van der Waals surface area contributed by atoms with Gasteiger partial charge in [0.15, 0.2) is 0 Å². The molecular formula is C17H26N2. The molecule has 1 unspecified atom stereocenters. The number of benzene rings is 1. The van der Waals surface area contributed by atoms with Crippen LogP contribution in [0.25, 0.3) is 0 Å². The van der Waals surface area contributed by atoms with Crippen LogP contribution >= 0.6 is 0 Å². The van der Waals surface area contributed by atoms with Gasteiger partial charge in [0, 0.05) is 30.2 Å². The second-order valence-electron chi connectivity index (χ2n) is 6.36. The summed E-state index contributed by atoms with van der Waals surface area (Å²) in [5, 5.41) is 3.51. The molecule has 0 saturated heterocycles. The summed E-state index contributed by atoms with van der Waals surface area (Å²) in [6, 6.07) is 8.69. The topological polar surface area (TPSA) is 15.3 Å². The summed E-state index contributed by atoms with van der Waals surface area (Å²) in [7, 11) is 0. The van der Waals surface area contributed by atoms with E-state index >= 15 is 0 Å². The molecule has 0 bridgehead atoms. The van der Waals surface area contributed by atoms with Crippen molar-refractivity contribution in [2.75, 3.05) is 25.0 Å². The Kier molecular flexibility index (Phi) is 4.31. The molecule has 2 rings (SSSR count). The summed E-state index contributed by atoms with van der Waals surface area (Å²) < 4.78 is 0. The molecule has 0 aliphatic carbocycles. The highest BCUT2D eigenvalue weighted by Crippen LogP contribution is 2.33. The molecule has 1 aromatic carbocycles. The van der Waals surface area contributed by atoms with E-state index < -0.39 is 0 Å². The molecule has 1 aromatic rings. The van der Waals surface area contributed by atoms with Gasteiger partial charge in [-0.1, -0.05) is 24.3 Å². The number of nitrogens with zero attached hydrogens (tertiary/aromatic N) is 1. The van der Waals surface area contributed by atoms with Crippen LogP contribution in [0, 0.1) is 0 Å². The zero-order chi connectivity index (χ0) is 13.9. The number of nitrogens with one attached hydrogen (secondary N) is 1. The monoisotopic (exact) mass is 258 g/mol. The molecule has 1 aliphatic heterocycles. The number of para-hydroxylation sites is 1. The van der Waals surface area contributed by atoms with Crippen LogP contribution in [0.4, 0.5) is 5.69 Å². The van der Waals surface area contributed by atoms with E-state index in [1.807, 2.05) is 6.08 Å². The van der Waals surface area contributed by atoms with Gasteiger partial charge in [-0.05, 0) is 45.4 Å². The molecule has 0 amide bonds. The van der Waals surface area contributed by atoms with Crippen molar-refractivity contribution in [1.82, 2.24) is 4.90 Å². The van der Waals surface area contributed by atoms with Crippen molar-refractivity contribution in [2.45, 2.75) is 38.6 Å². The predicted octanol–water partition coefficient (Wildman–Crippen LogP) is 3.87. The highest BCUT2D eigenvalue weighted by molar-refractivity contribution is 5.57. The minimum Gasteiger partial charge on any atom is -0.384 e. The first-order valence-corrected chi connectivity index (χ1v) is 7.21. The Bertz CT molecular complexity index is 431. The van der Waals surface area contributed by atoms with Crippen LogP contribution in [0.2, 0.25) is 0 Å². The van der Waals surface area contributed by atoms with Gasteiger partial charge in [0.1, 0.15) is 0 Å². The molecule has 2 heteroatoms. The maximum absolute atomic E-state index is 3.88. The van der Waals surface area contributed by atoms with Gasteiger partial charge in [-0.15, -0.1) is 6.58 Å². The maximum Gasteiger partial charge on any atom is 0.0376 e. The van der Waals surface area contributed by atoms with Crippen molar-refractivity contribution in [2.24, 2.45) is 0 Å². The van der Waals surface area contributed by atoms with Crippen molar-refractivity contribution < 1.29 is 0 Å². The Morgan fingerprint density at radius 3 is 2.79 bits per heavy atom. The fraction of sp³-hybridized carbons (Fsp3) is 0.529. The summed E-state index contributed by atoms with van der Waals surface area (Å²) in [6.45, 7) is 13.9. The van der Waals surface area contributed by atoms with Gasteiger partial charge >= 0.3 is 0 Å². The Morgan fingerprint density at radius 2 is 2.11 bits per heavy atom. The highest BCUT2D eigenvalue weighted by atomic mass is 15.2. The fourth-order valence-electron chi connectivity index (χ4n) is 2.78. The first-order valence-electron chi connectivity index (χ1n) is 7.21. The van der Waals surface area contributed by atoms with E-state index in [4.69, 9.17) is 0 Å². The molecule has 0 fully saturated rings. The minimum atomic E-state index is 0.208. The van der Waals surface area contributed by atoms with Crippen LogP contribution in [0.15, 0.2) is 36.9 Å². The lowest BCUT2D eigenvalue weighted by atomic mass is 9.96. The van der Waals surface area contributed by atoms with Crippen LogP contribution < -0.4 is 5.32 Å². The molecule has 0 aromatic heterocycles. The summed E-state index contributed by atoms with van der Waals surface area (Å²) in [5.41, 5.74) is 3.01. The van der Waals surface area contributed by atoms with E-state index in [-0.39, 0.29) is 5.54 Å². The molecule has 1 N–H and O–H groups in total. The minimum absolute atomic E-state index is 0.208. The Labute approximate surface area is 117 Å². The summed E-state index contributed by atoms with van der Waals surface area (Å²) in [4.78, 5) is 2.50. The van der Waals surface area contributed by atoms with Gasteiger partial charge in [-0.3, -0.25) is 4.90 Å². The van der Waals surface area contributed by atoms with E-state index in [1.165, 1.54) is 17.7 Å². The van der Waals surface area contributed by atoms with Crippen LogP contribution in [-0.2, 0) is 0 Å². The summed E-state index contributed by atoms with van der Waals surface area (Å²) in [5.74, 6) is 0.644. The molecule has 104 valence electrons. The second-order valence-corrected chi connectivity index (χ2v) is 6.36. The first-order chi connectivity index (χ1) is 9.02. The molecule has 1 heterocycles. The fourth-order valence-corrected chi connectivity index (χ4v) is 2.78. The van der Waals surface area contributed by atoms with Crippen molar-refractivity contribution >= 4 is 5.69 Å². The zero-order valence-corrected chi connectivity index (χ0v) is 12.4. The molecule has 0 radical (unpaired) electrons. The normalized spacial score (nSPS) is 18.2. The third kappa shape index (κ3) is 3.38. The lowest BCUT2D eigenvalue weighted by Crippen LogP contribution is -2.42. The summed E-state index contributed by atoms with van der Waals surface area (Å²) in [6.07, 6.45) is 3.21. The second kappa shape index (κ2) is 5.79. The van der Waals surface area contributed by atoms with Crippen LogP contribution in [0.3, 0.4) is 0 Å². The number of anilines is 1. The van der Waals surface area contributed by atoms with Gasteiger partial charge < -0.3 is 5.32 Å². The van der Waals surface area contributed by atoms with Gasteiger partial charge in [0.05, 0.1) is 0 Å². The number of rotatable bonds is 5. The standard InChI is InChI=1S/C17H26N2/c1-5-11-19(17(2,3)4)12-10-14-13-18-16-9-7-6-8-15(14)16/h5-9,14,18H,1,10-13H2,2-4H3. The first kappa shape index (κ1) is 14.1. The van der Waals surface area contributed by atoms with E-state index in [9.17, 15) is 0 Å². The van der Waals surface area contributed by atoms with Gasteiger partial charge in [0.2, 0.25) is 0 Å². The van der Waals surface area contributed by atoms with E-state index in [2.05, 4.69) is 61.8 Å². The Morgan fingerprint density at radius 1 is 1.37 bits per heavy atom. The molecule has 19 heavy (non-hydrogen) atoms. The van der Waals surface area contributed by atoms with Crippen molar-refractivity contribution in [3.05, 3.63) is 42.5 Å². The smallest absolute Gasteiger partial charge is 0.0376 e. The molecular weight excluding hydrogens is 232 g/mol. The van der Waals surface area contributed by atoms with Crippen molar-refractivity contribution in [3.8, 4) is 0 Å². The van der Waals surface area contributed by atoms with Crippen molar-refractivity contribution in [1.29, 1.82) is 0 Å². The predicted molar refractivity (Wildman–Crippen MR) is 83.8 cm³/mol. The Balaban J connectivity index is 1.97. The highest BCUT2D eigenvalue weighted by Gasteiger charge is 2.25. The zero-order valence-electron chi connectivity index (χ0n) is 12.4.